The zero-order valence-corrected chi connectivity index (χ0v) is 18.9. The summed E-state index contributed by atoms with van der Waals surface area (Å²) in [6.45, 7) is 5.69. The lowest BCUT2D eigenvalue weighted by atomic mass is 10.1. The maximum absolute atomic E-state index is 12.5. The molecule has 3 aromatic carbocycles. The van der Waals surface area contributed by atoms with E-state index in [9.17, 15) is 18.0 Å². The number of rotatable bonds is 6. The Labute approximate surface area is 187 Å². The van der Waals surface area contributed by atoms with E-state index in [4.69, 9.17) is 0 Å². The zero-order valence-electron chi connectivity index (χ0n) is 18.0. The van der Waals surface area contributed by atoms with E-state index in [2.05, 4.69) is 15.4 Å². The molecule has 2 amide bonds. The molecule has 0 saturated carbocycles. The number of sulfonamides is 1. The lowest BCUT2D eigenvalue weighted by Gasteiger charge is -2.20. The van der Waals surface area contributed by atoms with Crippen LogP contribution in [0.4, 0.5) is 11.4 Å². The summed E-state index contributed by atoms with van der Waals surface area (Å²) in [6.07, 6.45) is 0. The number of benzene rings is 3. The normalized spacial score (nSPS) is 11.5. The van der Waals surface area contributed by atoms with Crippen molar-refractivity contribution in [2.24, 2.45) is 0 Å². The van der Waals surface area contributed by atoms with E-state index in [1.807, 2.05) is 20.8 Å². The first-order valence-electron chi connectivity index (χ1n) is 9.95. The standard InChI is InChI=1S/C24H25N3O4S/c1-24(2,3)26-23(29)18-9-13-19(14-10-18)25-22(28)17-11-15-21(16-12-17)32(30,31)27-20-7-5-4-6-8-20/h4-16,27H,1-3H3,(H,25,28)(H,26,29). The highest BCUT2D eigenvalue weighted by Crippen LogP contribution is 2.17. The van der Waals surface area contributed by atoms with Crippen molar-refractivity contribution in [1.29, 1.82) is 0 Å². The van der Waals surface area contributed by atoms with Gasteiger partial charge in [-0.25, -0.2) is 8.42 Å². The second-order valence-corrected chi connectivity index (χ2v) is 9.91. The summed E-state index contributed by atoms with van der Waals surface area (Å²) >= 11 is 0. The minimum absolute atomic E-state index is 0.0483. The molecule has 32 heavy (non-hydrogen) atoms. The summed E-state index contributed by atoms with van der Waals surface area (Å²) in [7, 11) is -3.76. The maximum Gasteiger partial charge on any atom is 0.261 e. The second-order valence-electron chi connectivity index (χ2n) is 8.23. The highest BCUT2D eigenvalue weighted by molar-refractivity contribution is 7.92. The number of carbonyl (C=O) groups excluding carboxylic acids is 2. The first-order valence-corrected chi connectivity index (χ1v) is 11.4. The predicted molar refractivity (Wildman–Crippen MR) is 125 cm³/mol. The molecule has 3 rings (SSSR count). The van der Waals surface area contributed by atoms with Gasteiger partial charge >= 0.3 is 0 Å². The van der Waals surface area contributed by atoms with E-state index in [0.29, 0.717) is 22.5 Å². The molecule has 166 valence electrons. The molecule has 0 atom stereocenters. The summed E-state index contributed by atoms with van der Waals surface area (Å²) < 4.78 is 27.5. The summed E-state index contributed by atoms with van der Waals surface area (Å²) in [6, 6.07) is 20.7. The van der Waals surface area contributed by atoms with Crippen LogP contribution in [0.3, 0.4) is 0 Å². The highest BCUT2D eigenvalue weighted by atomic mass is 32.2. The molecule has 0 aromatic heterocycles. The Bertz CT molecular complexity index is 1200. The van der Waals surface area contributed by atoms with Gasteiger partial charge in [0.2, 0.25) is 0 Å². The topological polar surface area (TPSA) is 104 Å². The van der Waals surface area contributed by atoms with Crippen molar-refractivity contribution in [1.82, 2.24) is 5.32 Å². The molecule has 0 spiro atoms. The molecular formula is C24H25N3O4S. The van der Waals surface area contributed by atoms with Crippen LogP contribution < -0.4 is 15.4 Å². The third-order valence-electron chi connectivity index (χ3n) is 4.35. The fraction of sp³-hybridized carbons (Fsp3) is 0.167. The first-order chi connectivity index (χ1) is 15.0. The van der Waals surface area contributed by atoms with Crippen molar-refractivity contribution >= 4 is 33.2 Å². The van der Waals surface area contributed by atoms with Crippen molar-refractivity contribution in [3.8, 4) is 0 Å². The fourth-order valence-electron chi connectivity index (χ4n) is 2.83. The predicted octanol–water partition coefficient (Wildman–Crippen LogP) is 4.27. The van der Waals surface area contributed by atoms with E-state index < -0.39 is 15.9 Å². The maximum atomic E-state index is 12.5. The molecule has 0 heterocycles. The molecule has 0 saturated heterocycles. The van der Waals surface area contributed by atoms with Gasteiger partial charge in [0.1, 0.15) is 0 Å². The number of hydrogen-bond acceptors (Lipinski definition) is 4. The van der Waals surface area contributed by atoms with Crippen LogP contribution in [-0.4, -0.2) is 25.8 Å². The number of carbonyl (C=O) groups is 2. The fourth-order valence-corrected chi connectivity index (χ4v) is 3.89. The molecular weight excluding hydrogens is 426 g/mol. The van der Waals surface area contributed by atoms with Gasteiger partial charge in [-0.05, 0) is 81.4 Å². The summed E-state index contributed by atoms with van der Waals surface area (Å²) in [5.41, 5.74) is 1.41. The Morgan fingerprint density at radius 1 is 0.688 bits per heavy atom. The third kappa shape index (κ3) is 6.18. The molecule has 3 N–H and O–H groups in total. The van der Waals surface area contributed by atoms with Crippen LogP contribution in [0.5, 0.6) is 0 Å². The SMILES string of the molecule is CC(C)(C)NC(=O)c1ccc(NC(=O)c2ccc(S(=O)(=O)Nc3ccccc3)cc2)cc1. The Kier molecular flexibility index (Phi) is 6.64. The van der Waals surface area contributed by atoms with Gasteiger partial charge in [-0.3, -0.25) is 14.3 Å². The zero-order chi connectivity index (χ0) is 23.4. The van der Waals surface area contributed by atoms with E-state index in [0.717, 1.165) is 0 Å². The van der Waals surface area contributed by atoms with Gasteiger partial charge in [-0.2, -0.15) is 0 Å². The molecule has 0 bridgehead atoms. The van der Waals surface area contributed by atoms with Gasteiger partial charge in [-0.1, -0.05) is 18.2 Å². The lowest BCUT2D eigenvalue weighted by molar-refractivity contribution is 0.0919. The van der Waals surface area contributed by atoms with Crippen molar-refractivity contribution in [3.05, 3.63) is 90.0 Å². The van der Waals surface area contributed by atoms with Crippen molar-refractivity contribution in [3.63, 3.8) is 0 Å². The second kappa shape index (κ2) is 9.23. The van der Waals surface area contributed by atoms with Crippen LogP contribution in [0.2, 0.25) is 0 Å². The molecule has 7 nitrogen and oxygen atoms in total. The lowest BCUT2D eigenvalue weighted by Crippen LogP contribution is -2.40. The molecule has 0 aliphatic heterocycles. The van der Waals surface area contributed by atoms with Crippen LogP contribution in [0.25, 0.3) is 0 Å². The number of hydrogen-bond donors (Lipinski definition) is 3. The number of amides is 2. The Morgan fingerprint density at radius 2 is 1.22 bits per heavy atom. The molecule has 0 unspecified atom stereocenters. The Hall–Kier alpha value is -3.65. The van der Waals surface area contributed by atoms with Crippen LogP contribution >= 0.6 is 0 Å². The van der Waals surface area contributed by atoms with Gasteiger partial charge in [0.15, 0.2) is 0 Å². The molecule has 8 heteroatoms. The molecule has 0 fully saturated rings. The van der Waals surface area contributed by atoms with Crippen LogP contribution in [0, 0.1) is 0 Å². The van der Waals surface area contributed by atoms with Gasteiger partial charge in [-0.15, -0.1) is 0 Å². The highest BCUT2D eigenvalue weighted by Gasteiger charge is 2.17. The Morgan fingerprint density at radius 3 is 1.78 bits per heavy atom. The number of anilines is 2. The van der Waals surface area contributed by atoms with E-state index in [1.54, 1.807) is 54.6 Å². The van der Waals surface area contributed by atoms with Crippen molar-refractivity contribution in [2.75, 3.05) is 10.0 Å². The summed E-state index contributed by atoms with van der Waals surface area (Å²) in [5.74, 6) is -0.590. The van der Waals surface area contributed by atoms with E-state index >= 15 is 0 Å². The van der Waals surface area contributed by atoms with Gasteiger partial charge in [0.25, 0.3) is 21.8 Å². The third-order valence-corrected chi connectivity index (χ3v) is 5.74. The van der Waals surface area contributed by atoms with Crippen LogP contribution in [-0.2, 0) is 10.0 Å². The minimum Gasteiger partial charge on any atom is -0.347 e. The molecule has 0 aliphatic carbocycles. The molecule has 3 aromatic rings. The van der Waals surface area contributed by atoms with Crippen molar-refractivity contribution < 1.29 is 18.0 Å². The first kappa shape index (κ1) is 23.0. The van der Waals surface area contributed by atoms with E-state index in [1.165, 1.54) is 24.3 Å². The quantitative estimate of drug-likeness (QED) is 0.521. The van der Waals surface area contributed by atoms with Gasteiger partial charge in [0, 0.05) is 28.0 Å². The minimum atomic E-state index is -3.76. The summed E-state index contributed by atoms with van der Waals surface area (Å²) in [5, 5.41) is 5.61. The van der Waals surface area contributed by atoms with Gasteiger partial charge < -0.3 is 10.6 Å². The smallest absolute Gasteiger partial charge is 0.261 e. The summed E-state index contributed by atoms with van der Waals surface area (Å²) in [4.78, 5) is 24.8. The Balaban J connectivity index is 1.65. The monoisotopic (exact) mass is 451 g/mol. The van der Waals surface area contributed by atoms with Crippen molar-refractivity contribution in [2.45, 2.75) is 31.2 Å². The molecule has 0 radical (unpaired) electrons. The van der Waals surface area contributed by atoms with Gasteiger partial charge in [0.05, 0.1) is 4.90 Å². The largest absolute Gasteiger partial charge is 0.347 e. The molecule has 0 aliphatic rings. The number of para-hydroxylation sites is 1. The average molecular weight is 452 g/mol. The van der Waals surface area contributed by atoms with Crippen LogP contribution in [0.15, 0.2) is 83.8 Å². The average Bonchev–Trinajstić information content (AvgIpc) is 2.73. The van der Waals surface area contributed by atoms with Crippen LogP contribution in [0.1, 0.15) is 41.5 Å². The number of nitrogens with one attached hydrogen (secondary N) is 3. The van der Waals surface area contributed by atoms with E-state index in [-0.39, 0.29) is 16.3 Å².